The van der Waals surface area contributed by atoms with Gasteiger partial charge >= 0.3 is 0 Å². The minimum atomic E-state index is -0.817. The van der Waals surface area contributed by atoms with Crippen LogP contribution in [-0.4, -0.2) is 40.1 Å². The highest BCUT2D eigenvalue weighted by molar-refractivity contribution is 5.68. The average molecular weight is 355 g/mol. The Hall–Kier alpha value is -2.48. The molecule has 1 saturated carbocycles. The van der Waals surface area contributed by atoms with E-state index >= 15 is 0 Å². The highest BCUT2D eigenvalue weighted by Gasteiger charge is 2.20. The van der Waals surface area contributed by atoms with Crippen LogP contribution in [-0.2, 0) is 6.54 Å². The van der Waals surface area contributed by atoms with Gasteiger partial charge in [-0.2, -0.15) is 10.2 Å². The van der Waals surface area contributed by atoms with Gasteiger partial charge in [0.1, 0.15) is 6.33 Å². The topological polar surface area (TPSA) is 93.2 Å². The van der Waals surface area contributed by atoms with Crippen LogP contribution in [0.1, 0.15) is 57.6 Å². The fourth-order valence-electron chi connectivity index (χ4n) is 3.57. The normalized spacial score (nSPS) is 16.3. The first-order chi connectivity index (χ1) is 12.5. The molecule has 138 valence electrons. The van der Waals surface area contributed by atoms with Crippen LogP contribution in [0.15, 0.2) is 24.9 Å². The number of hydrogen-bond acceptors (Lipinski definition) is 6. The molecule has 26 heavy (non-hydrogen) atoms. The lowest BCUT2D eigenvalue weighted by molar-refractivity contribution is 0.0578. The second kappa shape index (κ2) is 6.68. The number of aliphatic hydroxyl groups is 1. The molecule has 0 amide bonds. The van der Waals surface area contributed by atoms with Gasteiger partial charge < -0.3 is 10.4 Å². The lowest BCUT2D eigenvalue weighted by atomic mass is 9.87. The van der Waals surface area contributed by atoms with E-state index in [1.165, 1.54) is 32.1 Å². The Labute approximate surface area is 152 Å². The van der Waals surface area contributed by atoms with Gasteiger partial charge in [0.05, 0.1) is 35.9 Å². The van der Waals surface area contributed by atoms with E-state index in [1.54, 1.807) is 35.6 Å². The van der Waals surface area contributed by atoms with Crippen LogP contribution in [0.4, 0.5) is 11.5 Å². The first-order valence-electron chi connectivity index (χ1n) is 9.20. The summed E-state index contributed by atoms with van der Waals surface area (Å²) in [5, 5.41) is 21.9. The van der Waals surface area contributed by atoms with Crippen LogP contribution in [0.25, 0.3) is 5.65 Å². The van der Waals surface area contributed by atoms with Gasteiger partial charge in [0.25, 0.3) is 0 Å². The van der Waals surface area contributed by atoms with Crippen molar-refractivity contribution >= 4 is 17.2 Å². The summed E-state index contributed by atoms with van der Waals surface area (Å²) in [5.41, 5.74) is 1.75. The zero-order valence-corrected chi connectivity index (χ0v) is 15.3. The molecule has 3 aromatic heterocycles. The van der Waals surface area contributed by atoms with Crippen molar-refractivity contribution in [3.8, 4) is 0 Å². The lowest BCUT2D eigenvalue weighted by Gasteiger charge is -2.21. The molecule has 0 bridgehead atoms. The third kappa shape index (κ3) is 3.70. The minimum Gasteiger partial charge on any atom is -0.389 e. The number of hydrogen-bond donors (Lipinski definition) is 2. The molecule has 0 unspecified atom stereocenters. The van der Waals surface area contributed by atoms with Crippen LogP contribution in [0, 0.1) is 0 Å². The number of nitrogens with zero attached hydrogens (tertiary/aromatic N) is 6. The summed E-state index contributed by atoms with van der Waals surface area (Å²) in [6.07, 6.45) is 13.3. The Kier molecular flexibility index (Phi) is 4.36. The molecule has 8 heteroatoms. The molecule has 4 rings (SSSR count). The van der Waals surface area contributed by atoms with Crippen LogP contribution >= 0.6 is 0 Å². The van der Waals surface area contributed by atoms with Crippen molar-refractivity contribution in [3.63, 3.8) is 0 Å². The molecule has 8 nitrogen and oxygen atoms in total. The summed E-state index contributed by atoms with van der Waals surface area (Å²) >= 11 is 0. The molecular formula is C18H25N7O. The van der Waals surface area contributed by atoms with Gasteiger partial charge in [0, 0.05) is 12.1 Å². The highest BCUT2D eigenvalue weighted by atomic mass is 16.3. The van der Waals surface area contributed by atoms with Crippen molar-refractivity contribution in [2.75, 3.05) is 5.32 Å². The second-order valence-electron chi connectivity index (χ2n) is 7.74. The molecule has 3 heterocycles. The smallest absolute Gasteiger partial charge is 0.198 e. The molecule has 1 fully saturated rings. The monoisotopic (exact) mass is 355 g/mol. The fraction of sp³-hybridized carbons (Fsp3) is 0.556. The molecule has 0 aliphatic heterocycles. The molecule has 3 aromatic rings. The third-order valence-corrected chi connectivity index (χ3v) is 4.75. The van der Waals surface area contributed by atoms with E-state index in [1.807, 2.05) is 12.4 Å². The summed E-state index contributed by atoms with van der Waals surface area (Å²) in [4.78, 5) is 9.18. The van der Waals surface area contributed by atoms with Crippen molar-refractivity contribution in [3.05, 3.63) is 30.6 Å². The average Bonchev–Trinajstić information content (AvgIpc) is 3.23. The van der Waals surface area contributed by atoms with E-state index in [0.29, 0.717) is 23.9 Å². The quantitative estimate of drug-likeness (QED) is 0.731. The third-order valence-electron chi connectivity index (χ3n) is 4.75. The molecule has 0 atom stereocenters. The number of anilines is 2. The molecular weight excluding hydrogens is 330 g/mol. The van der Waals surface area contributed by atoms with Crippen molar-refractivity contribution in [1.29, 1.82) is 0 Å². The maximum atomic E-state index is 9.95. The maximum absolute atomic E-state index is 9.95. The van der Waals surface area contributed by atoms with E-state index in [9.17, 15) is 5.11 Å². The summed E-state index contributed by atoms with van der Waals surface area (Å²) in [6, 6.07) is 0. The minimum absolute atomic E-state index is 0.421. The Morgan fingerprint density at radius 1 is 1.19 bits per heavy atom. The summed E-state index contributed by atoms with van der Waals surface area (Å²) in [7, 11) is 0. The standard InChI is InChI=1S/C18H25N7O/c1-18(2,26)11-24-9-14(8-20-24)22-16-17-19-12-21-25(17)10-15(23-16)13-6-4-3-5-7-13/h8-10,12-13,26H,3-7,11H2,1-2H3,(H,22,23). The Morgan fingerprint density at radius 3 is 2.77 bits per heavy atom. The van der Waals surface area contributed by atoms with E-state index < -0.39 is 5.60 Å². The predicted octanol–water partition coefficient (Wildman–Crippen LogP) is 2.88. The van der Waals surface area contributed by atoms with Gasteiger partial charge in [-0.15, -0.1) is 0 Å². The molecule has 0 aromatic carbocycles. The molecule has 1 aliphatic carbocycles. The van der Waals surface area contributed by atoms with Gasteiger partial charge in [-0.3, -0.25) is 4.68 Å². The van der Waals surface area contributed by atoms with Crippen molar-refractivity contribution in [2.24, 2.45) is 0 Å². The zero-order chi connectivity index (χ0) is 18.1. The fourth-order valence-corrected chi connectivity index (χ4v) is 3.57. The molecule has 2 N–H and O–H groups in total. The van der Waals surface area contributed by atoms with Gasteiger partial charge in [-0.1, -0.05) is 19.3 Å². The molecule has 0 saturated heterocycles. The summed E-state index contributed by atoms with van der Waals surface area (Å²) in [5.74, 6) is 1.17. The van der Waals surface area contributed by atoms with Crippen LogP contribution in [0.3, 0.4) is 0 Å². The van der Waals surface area contributed by atoms with Crippen LogP contribution in [0.2, 0.25) is 0 Å². The van der Waals surface area contributed by atoms with E-state index in [-0.39, 0.29) is 0 Å². The van der Waals surface area contributed by atoms with Crippen molar-refractivity contribution in [2.45, 2.75) is 64.0 Å². The van der Waals surface area contributed by atoms with E-state index in [0.717, 1.165) is 11.4 Å². The number of nitrogens with one attached hydrogen (secondary N) is 1. The first-order valence-corrected chi connectivity index (χ1v) is 9.20. The number of aromatic nitrogens is 6. The SMILES string of the molecule is CC(C)(O)Cn1cc(Nc2nc(C3CCCCC3)cn3ncnc23)cn1. The van der Waals surface area contributed by atoms with Gasteiger partial charge in [0.2, 0.25) is 0 Å². The van der Waals surface area contributed by atoms with Crippen molar-refractivity contribution in [1.82, 2.24) is 29.4 Å². The maximum Gasteiger partial charge on any atom is 0.198 e. The zero-order valence-electron chi connectivity index (χ0n) is 15.3. The summed E-state index contributed by atoms with van der Waals surface area (Å²) in [6.45, 7) is 3.94. The largest absolute Gasteiger partial charge is 0.389 e. The highest BCUT2D eigenvalue weighted by Crippen LogP contribution is 2.32. The second-order valence-corrected chi connectivity index (χ2v) is 7.74. The lowest BCUT2D eigenvalue weighted by Crippen LogP contribution is -2.26. The predicted molar refractivity (Wildman–Crippen MR) is 98.4 cm³/mol. The molecule has 1 aliphatic rings. The van der Waals surface area contributed by atoms with Gasteiger partial charge in [0.15, 0.2) is 11.5 Å². The molecule has 0 spiro atoms. The van der Waals surface area contributed by atoms with E-state index in [4.69, 9.17) is 4.98 Å². The Balaban J connectivity index is 1.62. The Bertz CT molecular complexity index is 886. The van der Waals surface area contributed by atoms with Gasteiger partial charge in [-0.05, 0) is 26.7 Å². The van der Waals surface area contributed by atoms with Crippen molar-refractivity contribution < 1.29 is 5.11 Å². The molecule has 0 radical (unpaired) electrons. The van der Waals surface area contributed by atoms with Gasteiger partial charge in [-0.25, -0.2) is 14.5 Å². The Morgan fingerprint density at radius 2 is 2.00 bits per heavy atom. The van der Waals surface area contributed by atoms with Crippen LogP contribution in [0.5, 0.6) is 0 Å². The first kappa shape index (κ1) is 17.0. The van der Waals surface area contributed by atoms with E-state index in [2.05, 4.69) is 20.5 Å². The number of rotatable bonds is 5. The number of fused-ring (bicyclic) bond motifs is 1. The summed E-state index contributed by atoms with van der Waals surface area (Å²) < 4.78 is 3.51. The van der Waals surface area contributed by atoms with Crippen LogP contribution < -0.4 is 5.32 Å².